The highest BCUT2D eigenvalue weighted by Crippen LogP contribution is 2.18. The third-order valence-corrected chi connectivity index (χ3v) is 5.09. The molecule has 0 radical (unpaired) electrons. The number of hydrogen-bond acceptors (Lipinski definition) is 4. The van der Waals surface area contributed by atoms with Gasteiger partial charge in [-0.1, -0.05) is 0 Å². The van der Waals surface area contributed by atoms with E-state index in [-0.39, 0.29) is 5.75 Å². The summed E-state index contributed by atoms with van der Waals surface area (Å²) < 4.78 is 26.3. The van der Waals surface area contributed by atoms with Gasteiger partial charge in [-0.15, -0.1) is 0 Å². The Balaban J connectivity index is 1.63. The third-order valence-electron chi connectivity index (χ3n) is 3.74. The van der Waals surface area contributed by atoms with Gasteiger partial charge in [-0.2, -0.15) is 0 Å². The van der Waals surface area contributed by atoms with Crippen molar-refractivity contribution in [1.82, 2.24) is 14.9 Å². The van der Waals surface area contributed by atoms with Gasteiger partial charge in [0.25, 0.3) is 0 Å². The Hall–Kier alpha value is -0.170. The first-order valence-electron chi connectivity index (χ1n) is 7.01. The normalized spacial score (nSPS) is 23.4. The molecule has 1 atom stereocenters. The minimum atomic E-state index is -3.11. The molecule has 0 bridgehead atoms. The molecule has 0 aromatic heterocycles. The zero-order valence-corrected chi connectivity index (χ0v) is 12.0. The van der Waals surface area contributed by atoms with Crippen molar-refractivity contribution < 1.29 is 8.42 Å². The van der Waals surface area contributed by atoms with Crippen molar-refractivity contribution >= 4 is 10.0 Å². The standard InChI is InChI=1S/C12H25N3O2S/c1-11(15-7-2-3-8-15)10-14-18(16,17)9-6-13-12-4-5-12/h11-14H,2-10H2,1H3. The zero-order chi connectivity index (χ0) is 13.0. The van der Waals surface area contributed by atoms with E-state index in [0.717, 1.165) is 13.1 Å². The van der Waals surface area contributed by atoms with Crippen LogP contribution in [0, 0.1) is 0 Å². The number of likely N-dealkylation sites (tertiary alicyclic amines) is 1. The van der Waals surface area contributed by atoms with Crippen LogP contribution in [-0.4, -0.2) is 57.3 Å². The molecule has 2 fully saturated rings. The molecular formula is C12H25N3O2S. The van der Waals surface area contributed by atoms with Crippen LogP contribution >= 0.6 is 0 Å². The maximum absolute atomic E-state index is 11.8. The number of nitrogens with zero attached hydrogens (tertiary/aromatic N) is 1. The van der Waals surface area contributed by atoms with Crippen LogP contribution in [0.4, 0.5) is 0 Å². The van der Waals surface area contributed by atoms with Gasteiger partial charge in [0, 0.05) is 25.2 Å². The maximum atomic E-state index is 11.8. The van der Waals surface area contributed by atoms with Crippen LogP contribution in [0.25, 0.3) is 0 Å². The quantitative estimate of drug-likeness (QED) is 0.661. The molecule has 1 unspecified atom stereocenters. The van der Waals surface area contributed by atoms with Gasteiger partial charge in [0.15, 0.2) is 0 Å². The Kier molecular flexibility index (Phi) is 5.00. The Bertz CT molecular complexity index is 348. The molecule has 1 heterocycles. The lowest BCUT2D eigenvalue weighted by molar-refractivity contribution is 0.260. The Morgan fingerprint density at radius 2 is 1.94 bits per heavy atom. The van der Waals surface area contributed by atoms with Gasteiger partial charge in [-0.3, -0.25) is 4.90 Å². The van der Waals surface area contributed by atoms with E-state index >= 15 is 0 Å². The molecule has 1 aliphatic heterocycles. The lowest BCUT2D eigenvalue weighted by atomic mass is 10.3. The molecule has 2 N–H and O–H groups in total. The number of sulfonamides is 1. The maximum Gasteiger partial charge on any atom is 0.212 e. The Labute approximate surface area is 110 Å². The summed E-state index contributed by atoms with van der Waals surface area (Å²) in [6, 6.07) is 0.877. The minimum absolute atomic E-state index is 0.191. The first kappa shape index (κ1) is 14.2. The van der Waals surface area contributed by atoms with Gasteiger partial charge in [-0.25, -0.2) is 13.1 Å². The molecule has 1 aliphatic carbocycles. The summed E-state index contributed by atoms with van der Waals surface area (Å²) in [5, 5.41) is 3.23. The van der Waals surface area contributed by atoms with Crippen molar-refractivity contribution in [1.29, 1.82) is 0 Å². The van der Waals surface area contributed by atoms with Crippen molar-refractivity contribution in [2.24, 2.45) is 0 Å². The summed E-state index contributed by atoms with van der Waals surface area (Å²) in [5.74, 6) is 0.191. The van der Waals surface area contributed by atoms with Crippen LogP contribution in [0.2, 0.25) is 0 Å². The molecule has 1 saturated heterocycles. The van der Waals surface area contributed by atoms with Gasteiger partial charge in [-0.05, 0) is 45.7 Å². The fourth-order valence-electron chi connectivity index (χ4n) is 2.32. The van der Waals surface area contributed by atoms with E-state index < -0.39 is 10.0 Å². The Morgan fingerprint density at radius 1 is 1.28 bits per heavy atom. The lowest BCUT2D eigenvalue weighted by Gasteiger charge is -2.23. The van der Waals surface area contributed by atoms with Crippen molar-refractivity contribution in [3.63, 3.8) is 0 Å². The predicted molar refractivity (Wildman–Crippen MR) is 73.1 cm³/mol. The molecular weight excluding hydrogens is 250 g/mol. The van der Waals surface area contributed by atoms with E-state index in [1.165, 1.54) is 25.7 Å². The van der Waals surface area contributed by atoms with Gasteiger partial charge in [0.1, 0.15) is 0 Å². The molecule has 0 spiro atoms. The van der Waals surface area contributed by atoms with Gasteiger partial charge in [0.2, 0.25) is 10.0 Å². The number of hydrogen-bond donors (Lipinski definition) is 2. The first-order valence-corrected chi connectivity index (χ1v) is 8.67. The molecule has 5 nitrogen and oxygen atoms in total. The lowest BCUT2D eigenvalue weighted by Crippen LogP contribution is -2.42. The highest BCUT2D eigenvalue weighted by atomic mass is 32.2. The third kappa shape index (κ3) is 4.84. The van der Waals surface area contributed by atoms with Crippen LogP contribution in [0.3, 0.4) is 0 Å². The summed E-state index contributed by atoms with van der Waals surface area (Å²) in [5.41, 5.74) is 0. The Morgan fingerprint density at radius 3 is 2.56 bits per heavy atom. The monoisotopic (exact) mass is 275 g/mol. The fraction of sp³-hybridized carbons (Fsp3) is 1.00. The molecule has 1 saturated carbocycles. The second-order valence-corrected chi connectivity index (χ2v) is 7.41. The highest BCUT2D eigenvalue weighted by Gasteiger charge is 2.22. The summed E-state index contributed by atoms with van der Waals surface area (Å²) in [4.78, 5) is 2.35. The average molecular weight is 275 g/mol. The van der Waals surface area contributed by atoms with Gasteiger partial charge in [0.05, 0.1) is 5.75 Å². The summed E-state index contributed by atoms with van der Waals surface area (Å²) >= 11 is 0. The van der Waals surface area contributed by atoms with E-state index in [1.807, 2.05) is 0 Å². The van der Waals surface area contributed by atoms with Crippen LogP contribution < -0.4 is 10.0 Å². The van der Waals surface area contributed by atoms with Gasteiger partial charge < -0.3 is 5.32 Å². The molecule has 106 valence electrons. The summed E-state index contributed by atoms with van der Waals surface area (Å²) in [6.07, 6.45) is 4.86. The largest absolute Gasteiger partial charge is 0.313 e. The second-order valence-electron chi connectivity index (χ2n) is 5.49. The smallest absolute Gasteiger partial charge is 0.212 e. The first-order chi connectivity index (χ1) is 8.57. The topological polar surface area (TPSA) is 61.4 Å². The van der Waals surface area contributed by atoms with E-state index in [0.29, 0.717) is 25.2 Å². The van der Waals surface area contributed by atoms with Crippen molar-refractivity contribution in [2.75, 3.05) is 31.9 Å². The summed E-state index contributed by atoms with van der Waals surface area (Å²) in [7, 11) is -3.11. The zero-order valence-electron chi connectivity index (χ0n) is 11.2. The summed E-state index contributed by atoms with van der Waals surface area (Å²) in [6.45, 7) is 5.40. The van der Waals surface area contributed by atoms with E-state index in [4.69, 9.17) is 0 Å². The second kappa shape index (κ2) is 6.32. The van der Waals surface area contributed by atoms with E-state index in [2.05, 4.69) is 21.9 Å². The highest BCUT2D eigenvalue weighted by molar-refractivity contribution is 7.89. The number of rotatable bonds is 8. The molecule has 2 aliphatic rings. The van der Waals surface area contributed by atoms with Crippen LogP contribution in [0.5, 0.6) is 0 Å². The van der Waals surface area contributed by atoms with E-state index in [1.54, 1.807) is 0 Å². The van der Waals surface area contributed by atoms with Crippen LogP contribution in [0.15, 0.2) is 0 Å². The molecule has 0 amide bonds. The molecule has 18 heavy (non-hydrogen) atoms. The van der Waals surface area contributed by atoms with Gasteiger partial charge >= 0.3 is 0 Å². The van der Waals surface area contributed by atoms with Crippen molar-refractivity contribution in [3.8, 4) is 0 Å². The van der Waals surface area contributed by atoms with Crippen molar-refractivity contribution in [2.45, 2.75) is 44.7 Å². The molecule has 0 aromatic rings. The molecule has 6 heteroatoms. The minimum Gasteiger partial charge on any atom is -0.313 e. The van der Waals surface area contributed by atoms with E-state index in [9.17, 15) is 8.42 Å². The van der Waals surface area contributed by atoms with Crippen molar-refractivity contribution in [3.05, 3.63) is 0 Å². The average Bonchev–Trinajstić information content (AvgIpc) is 2.97. The number of nitrogens with one attached hydrogen (secondary N) is 2. The molecule has 0 aromatic carbocycles. The van der Waals surface area contributed by atoms with Crippen LogP contribution in [0.1, 0.15) is 32.6 Å². The van der Waals surface area contributed by atoms with Crippen LogP contribution in [-0.2, 0) is 10.0 Å². The fourth-order valence-corrected chi connectivity index (χ4v) is 3.34. The predicted octanol–water partition coefficient (Wildman–Crippen LogP) is 0.142. The SMILES string of the molecule is CC(CNS(=O)(=O)CCNC1CC1)N1CCCC1. The molecule has 2 rings (SSSR count).